The van der Waals surface area contributed by atoms with Crippen molar-refractivity contribution in [3.05, 3.63) is 48.0 Å². The fourth-order valence-corrected chi connectivity index (χ4v) is 3.29. The molecule has 1 aliphatic heterocycles. The van der Waals surface area contributed by atoms with Crippen LogP contribution in [0.3, 0.4) is 0 Å². The number of amides is 1. The Morgan fingerprint density at radius 2 is 1.65 bits per heavy atom. The third-order valence-corrected chi connectivity index (χ3v) is 4.42. The van der Waals surface area contributed by atoms with Gasteiger partial charge in [-0.2, -0.15) is 0 Å². The van der Waals surface area contributed by atoms with Crippen LogP contribution in [0.25, 0.3) is 10.8 Å². The Morgan fingerprint density at radius 3 is 2.35 bits per heavy atom. The smallest absolute Gasteiger partial charge is 0.254 e. The van der Waals surface area contributed by atoms with Gasteiger partial charge in [-0.15, -0.1) is 0 Å². The minimum Gasteiger partial charge on any atom is -0.333 e. The maximum absolute atomic E-state index is 12.8. The zero-order chi connectivity index (χ0) is 14.1. The molecule has 0 bridgehead atoms. The highest BCUT2D eigenvalue weighted by molar-refractivity contribution is 5.98. The fraction of sp³-hybridized carbons (Fsp3) is 0.389. The summed E-state index contributed by atoms with van der Waals surface area (Å²) in [4.78, 5) is 14.9. The first-order valence-electron chi connectivity index (χ1n) is 7.48. The van der Waals surface area contributed by atoms with Crippen LogP contribution in [0.2, 0.25) is 0 Å². The van der Waals surface area contributed by atoms with Crippen LogP contribution in [-0.2, 0) is 0 Å². The highest BCUT2D eigenvalue weighted by Gasteiger charge is 2.29. The van der Waals surface area contributed by atoms with Gasteiger partial charge >= 0.3 is 0 Å². The SMILES string of the molecule is CC1CCCC(C)N1C(=O)c1ccc2ccccc2c1. The summed E-state index contributed by atoms with van der Waals surface area (Å²) in [5.74, 6) is 0.176. The van der Waals surface area contributed by atoms with Gasteiger partial charge in [0.2, 0.25) is 0 Å². The Morgan fingerprint density at radius 1 is 1.00 bits per heavy atom. The number of carbonyl (C=O) groups is 1. The summed E-state index contributed by atoms with van der Waals surface area (Å²) in [6, 6.07) is 14.9. The van der Waals surface area contributed by atoms with Crippen molar-refractivity contribution in [1.29, 1.82) is 0 Å². The molecule has 2 aromatic carbocycles. The van der Waals surface area contributed by atoms with E-state index in [9.17, 15) is 4.79 Å². The van der Waals surface area contributed by atoms with Gasteiger partial charge in [-0.3, -0.25) is 4.79 Å². The average Bonchev–Trinajstić information content (AvgIpc) is 2.46. The highest BCUT2D eigenvalue weighted by atomic mass is 16.2. The minimum absolute atomic E-state index is 0.176. The van der Waals surface area contributed by atoms with Crippen molar-refractivity contribution in [2.75, 3.05) is 0 Å². The molecule has 1 aliphatic rings. The van der Waals surface area contributed by atoms with Gasteiger partial charge in [0.15, 0.2) is 0 Å². The van der Waals surface area contributed by atoms with E-state index in [2.05, 4.69) is 30.9 Å². The van der Waals surface area contributed by atoms with Crippen LogP contribution in [-0.4, -0.2) is 22.9 Å². The third-order valence-electron chi connectivity index (χ3n) is 4.42. The number of piperidine rings is 1. The molecule has 104 valence electrons. The molecule has 0 N–H and O–H groups in total. The van der Waals surface area contributed by atoms with Gasteiger partial charge in [-0.1, -0.05) is 30.3 Å². The third kappa shape index (κ3) is 2.31. The number of benzene rings is 2. The van der Waals surface area contributed by atoms with Crippen LogP contribution in [0.15, 0.2) is 42.5 Å². The summed E-state index contributed by atoms with van der Waals surface area (Å²) in [6.45, 7) is 4.32. The van der Waals surface area contributed by atoms with Crippen molar-refractivity contribution in [3.8, 4) is 0 Å². The number of nitrogens with zero attached hydrogens (tertiary/aromatic N) is 1. The van der Waals surface area contributed by atoms with Gasteiger partial charge in [0, 0.05) is 17.6 Å². The summed E-state index contributed by atoms with van der Waals surface area (Å²) >= 11 is 0. The summed E-state index contributed by atoms with van der Waals surface area (Å²) < 4.78 is 0. The molecule has 1 fully saturated rings. The van der Waals surface area contributed by atoms with E-state index < -0.39 is 0 Å². The van der Waals surface area contributed by atoms with E-state index in [1.807, 2.05) is 30.3 Å². The molecule has 2 heteroatoms. The van der Waals surface area contributed by atoms with Crippen LogP contribution >= 0.6 is 0 Å². The van der Waals surface area contributed by atoms with Gasteiger partial charge in [-0.25, -0.2) is 0 Å². The van der Waals surface area contributed by atoms with Crippen LogP contribution in [0, 0.1) is 0 Å². The number of hydrogen-bond acceptors (Lipinski definition) is 1. The first-order valence-corrected chi connectivity index (χ1v) is 7.48. The van der Waals surface area contributed by atoms with Crippen LogP contribution in [0.1, 0.15) is 43.5 Å². The molecule has 20 heavy (non-hydrogen) atoms. The predicted octanol–water partition coefficient (Wildman–Crippen LogP) is 4.24. The molecule has 2 nitrogen and oxygen atoms in total. The van der Waals surface area contributed by atoms with Crippen LogP contribution < -0.4 is 0 Å². The zero-order valence-corrected chi connectivity index (χ0v) is 12.2. The lowest BCUT2D eigenvalue weighted by atomic mass is 9.96. The van der Waals surface area contributed by atoms with Gasteiger partial charge < -0.3 is 4.90 Å². The topological polar surface area (TPSA) is 20.3 Å². The van der Waals surface area contributed by atoms with Crippen molar-refractivity contribution in [2.45, 2.75) is 45.2 Å². The lowest BCUT2D eigenvalue weighted by Gasteiger charge is -2.39. The second-order valence-corrected chi connectivity index (χ2v) is 5.90. The monoisotopic (exact) mass is 267 g/mol. The molecule has 2 unspecified atom stereocenters. The van der Waals surface area contributed by atoms with E-state index >= 15 is 0 Å². The summed E-state index contributed by atoms with van der Waals surface area (Å²) in [7, 11) is 0. The Balaban J connectivity index is 1.95. The maximum atomic E-state index is 12.8. The lowest BCUT2D eigenvalue weighted by molar-refractivity contribution is 0.0511. The second kappa shape index (κ2) is 5.28. The van der Waals surface area contributed by atoms with Crippen molar-refractivity contribution < 1.29 is 4.79 Å². The second-order valence-electron chi connectivity index (χ2n) is 5.90. The molecule has 0 radical (unpaired) electrons. The fourth-order valence-electron chi connectivity index (χ4n) is 3.29. The Bertz CT molecular complexity index is 624. The van der Waals surface area contributed by atoms with E-state index in [0.29, 0.717) is 12.1 Å². The van der Waals surface area contributed by atoms with Gasteiger partial charge in [0.25, 0.3) is 5.91 Å². The maximum Gasteiger partial charge on any atom is 0.254 e. The first-order chi connectivity index (χ1) is 9.66. The Kier molecular flexibility index (Phi) is 3.47. The number of fused-ring (bicyclic) bond motifs is 1. The average molecular weight is 267 g/mol. The number of hydrogen-bond donors (Lipinski definition) is 0. The van der Waals surface area contributed by atoms with E-state index in [4.69, 9.17) is 0 Å². The quantitative estimate of drug-likeness (QED) is 0.756. The van der Waals surface area contributed by atoms with Gasteiger partial charge in [0.05, 0.1) is 0 Å². The molecule has 3 rings (SSSR count). The van der Waals surface area contributed by atoms with Crippen LogP contribution in [0.4, 0.5) is 0 Å². The first kappa shape index (κ1) is 13.2. The van der Waals surface area contributed by atoms with Crippen molar-refractivity contribution in [2.24, 2.45) is 0 Å². The number of carbonyl (C=O) groups excluding carboxylic acids is 1. The van der Waals surface area contributed by atoms with E-state index in [0.717, 1.165) is 23.8 Å². The molecule has 1 amide bonds. The van der Waals surface area contributed by atoms with Crippen molar-refractivity contribution in [1.82, 2.24) is 4.90 Å². The summed E-state index contributed by atoms with van der Waals surface area (Å²) in [6.07, 6.45) is 3.46. The molecule has 0 aliphatic carbocycles. The largest absolute Gasteiger partial charge is 0.333 e. The summed E-state index contributed by atoms with van der Waals surface area (Å²) in [5.41, 5.74) is 0.810. The van der Waals surface area contributed by atoms with Gasteiger partial charge in [-0.05, 0) is 56.0 Å². The molecular formula is C18H21NO. The molecule has 1 saturated heterocycles. The van der Waals surface area contributed by atoms with Gasteiger partial charge in [0.1, 0.15) is 0 Å². The van der Waals surface area contributed by atoms with Crippen molar-refractivity contribution in [3.63, 3.8) is 0 Å². The Labute approximate surface area is 120 Å². The standard InChI is InChI=1S/C18H21NO/c1-13-6-5-7-14(2)19(13)18(20)17-11-10-15-8-3-4-9-16(15)12-17/h3-4,8-14H,5-7H2,1-2H3. The van der Waals surface area contributed by atoms with E-state index in [-0.39, 0.29) is 5.91 Å². The van der Waals surface area contributed by atoms with Crippen molar-refractivity contribution >= 4 is 16.7 Å². The zero-order valence-electron chi connectivity index (χ0n) is 12.2. The van der Waals surface area contributed by atoms with E-state index in [1.165, 1.54) is 11.8 Å². The molecular weight excluding hydrogens is 246 g/mol. The number of likely N-dealkylation sites (tertiary alicyclic amines) is 1. The van der Waals surface area contributed by atoms with Crippen LogP contribution in [0.5, 0.6) is 0 Å². The number of rotatable bonds is 1. The molecule has 0 aromatic heterocycles. The normalized spacial score (nSPS) is 23.0. The molecule has 1 heterocycles. The highest BCUT2D eigenvalue weighted by Crippen LogP contribution is 2.25. The minimum atomic E-state index is 0.176. The van der Waals surface area contributed by atoms with E-state index in [1.54, 1.807) is 0 Å². The summed E-state index contributed by atoms with van der Waals surface area (Å²) in [5, 5.41) is 2.32. The molecule has 0 saturated carbocycles. The lowest BCUT2D eigenvalue weighted by Crippen LogP contribution is -2.47. The molecule has 2 atom stereocenters. The molecule has 2 aromatic rings. The Hall–Kier alpha value is -1.83. The molecule has 0 spiro atoms. The predicted molar refractivity (Wildman–Crippen MR) is 82.9 cm³/mol.